The lowest BCUT2D eigenvalue weighted by Crippen LogP contribution is -2.56. The molecule has 3 aromatic carbocycles. The number of amides is 2. The Morgan fingerprint density at radius 1 is 0.881 bits per heavy atom. The molecule has 42 heavy (non-hydrogen) atoms. The average molecular weight is 571 g/mol. The van der Waals surface area contributed by atoms with Crippen molar-refractivity contribution in [3.05, 3.63) is 95.6 Å². The third-order valence-electron chi connectivity index (χ3n) is 7.97. The van der Waals surface area contributed by atoms with Crippen LogP contribution in [0.5, 0.6) is 0 Å². The van der Waals surface area contributed by atoms with Crippen molar-refractivity contribution in [2.75, 3.05) is 6.61 Å². The summed E-state index contributed by atoms with van der Waals surface area (Å²) in [5.41, 5.74) is 4.01. The molecule has 0 saturated heterocycles. The van der Waals surface area contributed by atoms with Gasteiger partial charge in [-0.3, -0.25) is 14.4 Å². The number of hydrogen-bond donors (Lipinski definition) is 3. The van der Waals surface area contributed by atoms with E-state index in [0.717, 1.165) is 40.7 Å². The highest BCUT2D eigenvalue weighted by atomic mass is 16.5. The van der Waals surface area contributed by atoms with Gasteiger partial charge in [0.15, 0.2) is 0 Å². The number of alkyl carbamates (subject to hydrolysis) is 1. The number of carbonyl (C=O) groups is 4. The third-order valence-corrected chi connectivity index (χ3v) is 7.97. The summed E-state index contributed by atoms with van der Waals surface area (Å²) in [5.74, 6) is -2.59. The number of aliphatic carboxylic acids is 1. The van der Waals surface area contributed by atoms with Crippen molar-refractivity contribution in [3.8, 4) is 11.1 Å². The Labute approximate surface area is 244 Å². The molecule has 5 rings (SSSR count). The quantitative estimate of drug-likeness (QED) is 0.267. The minimum atomic E-state index is -1.32. The van der Waals surface area contributed by atoms with Gasteiger partial charge in [0.05, 0.1) is 18.4 Å². The Morgan fingerprint density at radius 2 is 1.48 bits per heavy atom. The van der Waals surface area contributed by atoms with Crippen molar-refractivity contribution in [2.24, 2.45) is 5.92 Å². The molecule has 2 aliphatic carbocycles. The molecule has 2 atom stereocenters. The number of rotatable bonds is 12. The minimum absolute atomic E-state index is 0.00214. The first-order chi connectivity index (χ1) is 20.2. The first kappa shape index (κ1) is 28.9. The standard InChI is InChI=1S/C33H34N2O7/c1-33(18-29(36)37,22-15-16-22)35-31(39)28(17-30(38)41-19-21-9-3-2-4-10-21)34-32(40)42-20-27-25-13-7-5-11-23(25)24-12-6-8-14-26(24)27/h2-14,22,27-28H,15-20H2,1H3,(H,34,40)(H,35,39)(H,36,37)/t28-,33?/m0/s1. The molecule has 1 saturated carbocycles. The monoisotopic (exact) mass is 570 g/mol. The van der Waals surface area contributed by atoms with Crippen LogP contribution in [0.3, 0.4) is 0 Å². The molecular weight excluding hydrogens is 536 g/mol. The molecule has 3 aromatic rings. The van der Waals surface area contributed by atoms with Crippen LogP contribution in [-0.4, -0.2) is 47.2 Å². The van der Waals surface area contributed by atoms with E-state index in [1.165, 1.54) is 0 Å². The van der Waals surface area contributed by atoms with Crippen molar-refractivity contribution >= 4 is 23.9 Å². The van der Waals surface area contributed by atoms with Crippen LogP contribution in [0.25, 0.3) is 11.1 Å². The summed E-state index contributed by atoms with van der Waals surface area (Å²) in [6, 6.07) is 23.6. The van der Waals surface area contributed by atoms with E-state index in [9.17, 15) is 24.3 Å². The minimum Gasteiger partial charge on any atom is -0.481 e. The van der Waals surface area contributed by atoms with Gasteiger partial charge in [0, 0.05) is 5.92 Å². The summed E-state index contributed by atoms with van der Waals surface area (Å²) in [4.78, 5) is 50.8. The summed E-state index contributed by atoms with van der Waals surface area (Å²) in [5, 5.41) is 14.8. The average Bonchev–Trinajstić information content (AvgIpc) is 3.79. The van der Waals surface area contributed by atoms with Gasteiger partial charge in [0.2, 0.25) is 5.91 Å². The fraction of sp³-hybridized carbons (Fsp3) is 0.333. The van der Waals surface area contributed by atoms with Gasteiger partial charge in [0.25, 0.3) is 0 Å². The largest absolute Gasteiger partial charge is 0.481 e. The Morgan fingerprint density at radius 3 is 2.07 bits per heavy atom. The van der Waals surface area contributed by atoms with Gasteiger partial charge in [-0.15, -0.1) is 0 Å². The molecule has 9 heteroatoms. The van der Waals surface area contributed by atoms with E-state index in [2.05, 4.69) is 10.6 Å². The number of benzene rings is 3. The molecule has 0 heterocycles. The van der Waals surface area contributed by atoms with Crippen molar-refractivity contribution in [2.45, 2.75) is 56.7 Å². The number of fused-ring (bicyclic) bond motifs is 3. The van der Waals surface area contributed by atoms with Gasteiger partial charge in [0.1, 0.15) is 19.3 Å². The Kier molecular flexibility index (Phi) is 8.56. The van der Waals surface area contributed by atoms with E-state index < -0.39 is 41.9 Å². The lowest BCUT2D eigenvalue weighted by molar-refractivity contribution is -0.147. The van der Waals surface area contributed by atoms with Crippen LogP contribution in [-0.2, 0) is 30.5 Å². The van der Waals surface area contributed by atoms with Crippen LogP contribution >= 0.6 is 0 Å². The van der Waals surface area contributed by atoms with E-state index >= 15 is 0 Å². The van der Waals surface area contributed by atoms with Crippen LogP contribution in [0, 0.1) is 5.92 Å². The topological polar surface area (TPSA) is 131 Å². The number of carboxylic acids is 1. The summed E-state index contributed by atoms with van der Waals surface area (Å²) < 4.78 is 11.0. The summed E-state index contributed by atoms with van der Waals surface area (Å²) in [7, 11) is 0. The lowest BCUT2D eigenvalue weighted by Gasteiger charge is -2.31. The molecule has 0 aliphatic heterocycles. The highest BCUT2D eigenvalue weighted by Gasteiger charge is 2.45. The highest BCUT2D eigenvalue weighted by Crippen LogP contribution is 2.44. The predicted molar refractivity (Wildman–Crippen MR) is 154 cm³/mol. The lowest BCUT2D eigenvalue weighted by atomic mass is 9.91. The summed E-state index contributed by atoms with van der Waals surface area (Å²) in [6.07, 6.45) is -0.0171. The molecule has 1 fully saturated rings. The van der Waals surface area contributed by atoms with Gasteiger partial charge in [-0.1, -0.05) is 78.9 Å². The van der Waals surface area contributed by atoms with E-state index in [4.69, 9.17) is 9.47 Å². The van der Waals surface area contributed by atoms with Gasteiger partial charge >= 0.3 is 18.0 Å². The molecule has 2 amide bonds. The maximum atomic E-state index is 13.4. The normalized spacial score (nSPS) is 15.8. The maximum absolute atomic E-state index is 13.4. The number of carboxylic acid groups (broad SMARTS) is 1. The number of carbonyl (C=O) groups excluding carboxylic acids is 3. The fourth-order valence-corrected chi connectivity index (χ4v) is 5.65. The zero-order valence-corrected chi connectivity index (χ0v) is 23.4. The molecule has 1 unspecified atom stereocenters. The fourth-order valence-electron chi connectivity index (χ4n) is 5.65. The molecule has 0 aromatic heterocycles. The van der Waals surface area contributed by atoms with Gasteiger partial charge in [-0.05, 0) is 53.5 Å². The molecule has 9 nitrogen and oxygen atoms in total. The van der Waals surface area contributed by atoms with E-state index in [1.54, 1.807) is 19.1 Å². The SMILES string of the molecule is CC(CC(=O)O)(NC(=O)[C@H](CC(=O)OCc1ccccc1)NC(=O)OCC1c2ccccc2-c2ccccc21)C1CC1. The summed E-state index contributed by atoms with van der Waals surface area (Å²) >= 11 is 0. The van der Waals surface area contributed by atoms with Gasteiger partial charge < -0.3 is 25.2 Å². The van der Waals surface area contributed by atoms with E-state index in [-0.39, 0.29) is 31.5 Å². The predicted octanol–water partition coefficient (Wildman–Crippen LogP) is 4.79. The number of ether oxygens (including phenoxy) is 2. The van der Waals surface area contributed by atoms with Gasteiger partial charge in [-0.2, -0.15) is 0 Å². The number of nitrogens with one attached hydrogen (secondary N) is 2. The van der Waals surface area contributed by atoms with Crippen LogP contribution < -0.4 is 10.6 Å². The Hall–Kier alpha value is -4.66. The molecule has 2 aliphatic rings. The molecule has 3 N–H and O–H groups in total. The Balaban J connectivity index is 1.27. The first-order valence-corrected chi connectivity index (χ1v) is 14.1. The Bertz CT molecular complexity index is 1420. The molecule has 0 spiro atoms. The second-order valence-electron chi connectivity index (χ2n) is 11.1. The zero-order valence-electron chi connectivity index (χ0n) is 23.4. The van der Waals surface area contributed by atoms with Crippen LogP contribution in [0.4, 0.5) is 4.79 Å². The third kappa shape index (κ3) is 6.79. The van der Waals surface area contributed by atoms with Crippen LogP contribution in [0.2, 0.25) is 0 Å². The number of hydrogen-bond acceptors (Lipinski definition) is 6. The molecular formula is C33H34N2O7. The van der Waals surface area contributed by atoms with E-state index in [0.29, 0.717) is 0 Å². The smallest absolute Gasteiger partial charge is 0.407 e. The molecule has 0 radical (unpaired) electrons. The second-order valence-corrected chi connectivity index (χ2v) is 11.1. The highest BCUT2D eigenvalue weighted by molar-refractivity contribution is 5.90. The summed E-state index contributed by atoms with van der Waals surface area (Å²) in [6.45, 7) is 1.72. The molecule has 218 valence electrons. The van der Waals surface area contributed by atoms with Crippen LogP contribution in [0.15, 0.2) is 78.9 Å². The van der Waals surface area contributed by atoms with Crippen molar-refractivity contribution < 1.29 is 33.8 Å². The zero-order chi connectivity index (χ0) is 29.7. The molecule has 0 bridgehead atoms. The first-order valence-electron chi connectivity index (χ1n) is 14.1. The second kappa shape index (κ2) is 12.5. The van der Waals surface area contributed by atoms with Crippen LogP contribution in [0.1, 0.15) is 55.2 Å². The number of esters is 1. The van der Waals surface area contributed by atoms with Crippen molar-refractivity contribution in [1.29, 1.82) is 0 Å². The van der Waals surface area contributed by atoms with Crippen molar-refractivity contribution in [3.63, 3.8) is 0 Å². The van der Waals surface area contributed by atoms with Crippen molar-refractivity contribution in [1.82, 2.24) is 10.6 Å². The van der Waals surface area contributed by atoms with Gasteiger partial charge in [-0.25, -0.2) is 4.79 Å². The maximum Gasteiger partial charge on any atom is 0.407 e. The van der Waals surface area contributed by atoms with E-state index in [1.807, 2.05) is 66.7 Å².